The molecule has 192 valence electrons. The SMILES string of the molecule is CCC1CN(CCOc2cc(F)c([C@@H]3c4[nH]c5ccccc5c4C[C@@H](C)N3CC3CCC3)c(F)c2)C1. The van der Waals surface area contributed by atoms with Crippen LogP contribution in [-0.4, -0.2) is 53.6 Å². The molecule has 0 unspecified atom stereocenters. The topological polar surface area (TPSA) is 31.5 Å². The van der Waals surface area contributed by atoms with Gasteiger partial charge in [-0.05, 0) is 49.7 Å². The summed E-state index contributed by atoms with van der Waals surface area (Å²) in [6.45, 7) is 8.68. The minimum atomic E-state index is -0.526. The van der Waals surface area contributed by atoms with Gasteiger partial charge in [0, 0.05) is 66.5 Å². The number of hydrogen-bond acceptors (Lipinski definition) is 3. The smallest absolute Gasteiger partial charge is 0.135 e. The molecule has 6 rings (SSSR count). The van der Waals surface area contributed by atoms with E-state index >= 15 is 8.78 Å². The molecule has 1 aromatic heterocycles. The largest absolute Gasteiger partial charge is 0.492 e. The third-order valence-corrected chi connectivity index (χ3v) is 8.82. The fourth-order valence-electron chi connectivity index (χ4n) is 6.39. The highest BCUT2D eigenvalue weighted by Gasteiger charge is 2.40. The molecular weight excluding hydrogens is 456 g/mol. The van der Waals surface area contributed by atoms with Gasteiger partial charge in [-0.2, -0.15) is 0 Å². The number of rotatable bonds is 8. The fourth-order valence-corrected chi connectivity index (χ4v) is 6.39. The first kappa shape index (κ1) is 23.9. The molecule has 36 heavy (non-hydrogen) atoms. The maximum Gasteiger partial charge on any atom is 0.135 e. The number of H-pyrrole nitrogens is 1. The van der Waals surface area contributed by atoms with Crippen molar-refractivity contribution in [1.29, 1.82) is 0 Å². The molecule has 3 heterocycles. The fraction of sp³-hybridized carbons (Fsp3) is 0.533. The first-order chi connectivity index (χ1) is 17.5. The summed E-state index contributed by atoms with van der Waals surface area (Å²) in [5.41, 5.74) is 3.28. The van der Waals surface area contributed by atoms with E-state index in [-0.39, 0.29) is 17.4 Å². The molecule has 2 aliphatic heterocycles. The highest BCUT2D eigenvalue weighted by Crippen LogP contribution is 2.44. The van der Waals surface area contributed by atoms with Crippen molar-refractivity contribution in [2.45, 2.75) is 58.0 Å². The Labute approximate surface area is 212 Å². The summed E-state index contributed by atoms with van der Waals surface area (Å²) in [6, 6.07) is 10.7. The standard InChI is InChI=1S/C30H37F2N3O/c1-3-20-16-34(17-20)11-12-36-22-14-25(31)28(26(32)15-22)30-29-24(23-9-4-5-10-27(23)33-29)13-19(2)35(30)18-21-7-6-8-21/h4-5,9-10,14-15,19-21,30,33H,3,6-8,11-13,16-18H2,1-2H3/t19-,30-/m1/s1. The summed E-state index contributed by atoms with van der Waals surface area (Å²) in [7, 11) is 0. The predicted molar refractivity (Wildman–Crippen MR) is 139 cm³/mol. The molecule has 6 heteroatoms. The van der Waals surface area contributed by atoms with Gasteiger partial charge in [-0.25, -0.2) is 8.78 Å². The highest BCUT2D eigenvalue weighted by atomic mass is 19.1. The van der Waals surface area contributed by atoms with E-state index in [4.69, 9.17) is 4.74 Å². The molecule has 2 aromatic carbocycles. The minimum absolute atomic E-state index is 0.134. The van der Waals surface area contributed by atoms with Crippen LogP contribution in [0.1, 0.15) is 62.4 Å². The van der Waals surface area contributed by atoms with Crippen molar-refractivity contribution < 1.29 is 13.5 Å². The second-order valence-electron chi connectivity index (χ2n) is 11.2. The molecule has 0 bridgehead atoms. The van der Waals surface area contributed by atoms with E-state index in [9.17, 15) is 0 Å². The molecule has 0 spiro atoms. The summed E-state index contributed by atoms with van der Waals surface area (Å²) in [5.74, 6) is 0.593. The number of benzene rings is 2. The van der Waals surface area contributed by atoms with Gasteiger partial charge < -0.3 is 9.72 Å². The third-order valence-electron chi connectivity index (χ3n) is 8.82. The Morgan fingerprint density at radius 3 is 2.50 bits per heavy atom. The lowest BCUT2D eigenvalue weighted by atomic mass is 9.82. The minimum Gasteiger partial charge on any atom is -0.492 e. The second-order valence-corrected chi connectivity index (χ2v) is 11.2. The van der Waals surface area contributed by atoms with E-state index in [0.29, 0.717) is 12.5 Å². The first-order valence-electron chi connectivity index (χ1n) is 13.7. The van der Waals surface area contributed by atoms with E-state index in [0.717, 1.165) is 55.1 Å². The molecule has 2 atom stereocenters. The van der Waals surface area contributed by atoms with Gasteiger partial charge in [0.15, 0.2) is 0 Å². The number of aromatic nitrogens is 1. The van der Waals surface area contributed by atoms with Crippen molar-refractivity contribution >= 4 is 10.9 Å². The van der Waals surface area contributed by atoms with Gasteiger partial charge in [0.25, 0.3) is 0 Å². The Balaban J connectivity index is 1.30. The van der Waals surface area contributed by atoms with Crippen molar-refractivity contribution in [3.63, 3.8) is 0 Å². The van der Waals surface area contributed by atoms with Crippen LogP contribution in [0.3, 0.4) is 0 Å². The van der Waals surface area contributed by atoms with Crippen LogP contribution in [0, 0.1) is 23.5 Å². The zero-order valence-electron chi connectivity index (χ0n) is 21.4. The first-order valence-corrected chi connectivity index (χ1v) is 13.7. The molecule has 0 amide bonds. The average molecular weight is 494 g/mol. The lowest BCUT2D eigenvalue weighted by Gasteiger charge is -2.44. The van der Waals surface area contributed by atoms with Gasteiger partial charge in [-0.3, -0.25) is 9.80 Å². The Morgan fingerprint density at radius 1 is 1.06 bits per heavy atom. The molecule has 3 aliphatic rings. The number of halogens is 2. The maximum absolute atomic E-state index is 15.8. The van der Waals surface area contributed by atoms with E-state index in [2.05, 4.69) is 40.8 Å². The molecule has 1 aliphatic carbocycles. The van der Waals surface area contributed by atoms with Gasteiger partial charge in [0.05, 0.1) is 6.04 Å². The van der Waals surface area contributed by atoms with E-state index in [1.165, 1.54) is 43.4 Å². The Bertz CT molecular complexity index is 1210. The van der Waals surface area contributed by atoms with Crippen molar-refractivity contribution in [2.75, 3.05) is 32.8 Å². The summed E-state index contributed by atoms with van der Waals surface area (Å²) in [4.78, 5) is 8.21. The number of para-hydroxylation sites is 1. The molecule has 2 fully saturated rings. The zero-order chi connectivity index (χ0) is 24.8. The number of fused-ring (bicyclic) bond motifs is 3. The van der Waals surface area contributed by atoms with Gasteiger partial charge in [0.1, 0.15) is 24.0 Å². The molecule has 1 saturated carbocycles. The summed E-state index contributed by atoms with van der Waals surface area (Å²) in [5, 5.41) is 1.16. The zero-order valence-corrected chi connectivity index (χ0v) is 21.4. The van der Waals surface area contributed by atoms with Crippen LogP contribution in [0.15, 0.2) is 36.4 Å². The van der Waals surface area contributed by atoms with Crippen molar-refractivity contribution in [3.05, 3.63) is 64.9 Å². The number of likely N-dealkylation sites (tertiary alicyclic amines) is 1. The van der Waals surface area contributed by atoms with Gasteiger partial charge in [-0.15, -0.1) is 0 Å². The van der Waals surface area contributed by atoms with Crippen LogP contribution in [0.5, 0.6) is 5.75 Å². The van der Waals surface area contributed by atoms with Crippen LogP contribution < -0.4 is 4.74 Å². The summed E-state index contributed by atoms with van der Waals surface area (Å²) in [6.07, 6.45) is 5.72. The third kappa shape index (κ3) is 4.32. The quantitative estimate of drug-likeness (QED) is 0.399. The van der Waals surface area contributed by atoms with Crippen LogP contribution in [-0.2, 0) is 6.42 Å². The van der Waals surface area contributed by atoms with Crippen molar-refractivity contribution in [1.82, 2.24) is 14.8 Å². The Morgan fingerprint density at radius 2 is 1.81 bits per heavy atom. The van der Waals surface area contributed by atoms with E-state index in [1.807, 2.05) is 12.1 Å². The van der Waals surface area contributed by atoms with Gasteiger partial charge >= 0.3 is 0 Å². The number of ether oxygens (including phenoxy) is 1. The number of nitrogens with one attached hydrogen (secondary N) is 1. The van der Waals surface area contributed by atoms with Crippen LogP contribution in [0.4, 0.5) is 8.78 Å². The average Bonchev–Trinajstić information content (AvgIpc) is 3.16. The molecule has 4 nitrogen and oxygen atoms in total. The van der Waals surface area contributed by atoms with Crippen molar-refractivity contribution in [2.24, 2.45) is 11.8 Å². The van der Waals surface area contributed by atoms with Crippen molar-refractivity contribution in [3.8, 4) is 5.75 Å². The molecular formula is C30H37F2N3O. The van der Waals surface area contributed by atoms with Crippen LogP contribution in [0.25, 0.3) is 10.9 Å². The maximum atomic E-state index is 15.8. The monoisotopic (exact) mass is 493 g/mol. The molecule has 0 radical (unpaired) electrons. The number of nitrogens with zero attached hydrogens (tertiary/aromatic N) is 2. The molecule has 1 saturated heterocycles. The Hall–Kier alpha value is -2.44. The van der Waals surface area contributed by atoms with Gasteiger partial charge in [0.2, 0.25) is 0 Å². The second kappa shape index (κ2) is 9.79. The number of aromatic amines is 1. The van der Waals surface area contributed by atoms with Gasteiger partial charge in [-0.1, -0.05) is 38.0 Å². The van der Waals surface area contributed by atoms with E-state index in [1.54, 1.807) is 0 Å². The Kier molecular flexibility index (Phi) is 6.51. The summed E-state index contributed by atoms with van der Waals surface area (Å²) < 4.78 is 37.3. The van der Waals surface area contributed by atoms with Crippen LogP contribution >= 0.6 is 0 Å². The lowest BCUT2D eigenvalue weighted by molar-refractivity contribution is 0.0803. The number of hydrogen-bond donors (Lipinski definition) is 1. The predicted octanol–water partition coefficient (Wildman–Crippen LogP) is 6.30. The normalized spacial score (nSPS) is 23.4. The van der Waals surface area contributed by atoms with Crippen LogP contribution in [0.2, 0.25) is 0 Å². The van der Waals surface area contributed by atoms with E-state index < -0.39 is 17.7 Å². The molecule has 1 N–H and O–H groups in total. The summed E-state index contributed by atoms with van der Waals surface area (Å²) >= 11 is 0. The molecule has 3 aromatic rings. The lowest BCUT2D eigenvalue weighted by Crippen LogP contribution is -2.47. The highest BCUT2D eigenvalue weighted by molar-refractivity contribution is 5.85.